The van der Waals surface area contributed by atoms with E-state index in [1.807, 2.05) is 25.1 Å². The van der Waals surface area contributed by atoms with Gasteiger partial charge in [-0.1, -0.05) is 47.7 Å². The first-order valence-electron chi connectivity index (χ1n) is 10.8. The summed E-state index contributed by atoms with van der Waals surface area (Å²) in [4.78, 5) is 18.3. The van der Waals surface area contributed by atoms with Crippen LogP contribution in [-0.2, 0) is 0 Å². The number of aryl methyl sites for hydroxylation is 1. The molecule has 2 N–H and O–H groups in total. The molecule has 3 aromatic carbocycles. The number of hydrogen-bond acceptors (Lipinski definition) is 7. The van der Waals surface area contributed by atoms with Crippen LogP contribution in [-0.4, -0.2) is 39.8 Å². The number of carbonyl (C=O) groups is 1. The number of ketones is 1. The number of carbonyl (C=O) groups excluding carboxylic acids is 1. The Labute approximate surface area is 205 Å². The molecule has 0 radical (unpaired) electrons. The van der Waals surface area contributed by atoms with Crippen molar-refractivity contribution in [1.29, 1.82) is 0 Å². The molecule has 0 aliphatic heterocycles. The second-order valence-electron chi connectivity index (χ2n) is 7.96. The number of aromatic hydroxyl groups is 2. The predicted octanol–water partition coefficient (Wildman–Crippen LogP) is 5.72. The fourth-order valence-corrected chi connectivity index (χ4v) is 5.13. The third-order valence-corrected chi connectivity index (χ3v) is 6.77. The summed E-state index contributed by atoms with van der Waals surface area (Å²) in [6.45, 7) is 1.99. The van der Waals surface area contributed by atoms with Gasteiger partial charge in [0.1, 0.15) is 11.5 Å². The van der Waals surface area contributed by atoms with Gasteiger partial charge >= 0.3 is 0 Å². The van der Waals surface area contributed by atoms with Crippen molar-refractivity contribution in [3.8, 4) is 39.5 Å². The van der Waals surface area contributed by atoms with Crippen LogP contribution < -0.4 is 9.47 Å². The molecule has 0 fully saturated rings. The molecule has 0 saturated heterocycles. The van der Waals surface area contributed by atoms with Gasteiger partial charge in [0.05, 0.1) is 35.7 Å². The molecule has 176 valence electrons. The second-order valence-corrected chi connectivity index (χ2v) is 8.97. The van der Waals surface area contributed by atoms with Gasteiger partial charge < -0.3 is 19.7 Å². The largest absolute Gasteiger partial charge is 0.503 e. The molecule has 0 aliphatic rings. The third kappa shape index (κ3) is 3.77. The normalized spacial score (nSPS) is 11.1. The van der Waals surface area contributed by atoms with Gasteiger partial charge in [0, 0.05) is 11.1 Å². The second kappa shape index (κ2) is 8.81. The molecule has 5 rings (SSSR count). The van der Waals surface area contributed by atoms with E-state index in [0.717, 1.165) is 15.8 Å². The highest BCUT2D eigenvalue weighted by atomic mass is 32.1. The van der Waals surface area contributed by atoms with Crippen molar-refractivity contribution in [1.82, 2.24) is 9.55 Å². The van der Waals surface area contributed by atoms with E-state index < -0.39 is 17.4 Å². The SMILES string of the molecule is COc1ccc(OC)c(-c2c(C(=O)c3ccccc3)c(O)c(O)n2-c2nc3ccc(C)cc3s2)c1. The standard InChI is InChI=1S/C27H22N2O5S/c1-15-9-11-19-21(13-15)35-27(28-19)29-23(18-14-17(33-2)10-12-20(18)34-3)22(25(31)26(29)32)24(30)16-7-5-4-6-8-16/h4-14,31-32H,1-3H3. The molecule has 2 aromatic heterocycles. The van der Waals surface area contributed by atoms with Crippen LogP contribution in [0, 0.1) is 6.92 Å². The van der Waals surface area contributed by atoms with Crippen LogP contribution >= 0.6 is 11.3 Å². The van der Waals surface area contributed by atoms with Crippen molar-refractivity contribution in [2.75, 3.05) is 14.2 Å². The molecule has 0 unspecified atom stereocenters. The summed E-state index contributed by atoms with van der Waals surface area (Å²) in [5.74, 6) is -0.516. The van der Waals surface area contributed by atoms with Gasteiger partial charge in [0.15, 0.2) is 16.7 Å². The third-order valence-electron chi connectivity index (χ3n) is 5.77. The molecule has 0 saturated carbocycles. The topological polar surface area (TPSA) is 93.8 Å². The van der Waals surface area contributed by atoms with Crippen molar-refractivity contribution in [2.45, 2.75) is 6.92 Å². The Kier molecular flexibility index (Phi) is 5.66. The monoisotopic (exact) mass is 486 g/mol. The Balaban J connectivity index is 1.87. The van der Waals surface area contributed by atoms with E-state index >= 15 is 0 Å². The van der Waals surface area contributed by atoms with Gasteiger partial charge in [-0.3, -0.25) is 9.36 Å². The number of benzene rings is 3. The van der Waals surface area contributed by atoms with E-state index in [9.17, 15) is 15.0 Å². The quantitative estimate of drug-likeness (QED) is 0.298. The zero-order valence-electron chi connectivity index (χ0n) is 19.3. The fraction of sp³-hybridized carbons (Fsp3) is 0.111. The lowest BCUT2D eigenvalue weighted by molar-refractivity contribution is 0.103. The van der Waals surface area contributed by atoms with Crippen molar-refractivity contribution in [3.63, 3.8) is 0 Å². The minimum Gasteiger partial charge on any atom is -0.503 e. The molecule has 0 atom stereocenters. The van der Waals surface area contributed by atoms with E-state index in [4.69, 9.17) is 9.47 Å². The first-order valence-corrected chi connectivity index (χ1v) is 11.6. The van der Waals surface area contributed by atoms with E-state index in [1.165, 1.54) is 30.1 Å². The molecular formula is C27H22N2O5S. The lowest BCUT2D eigenvalue weighted by Gasteiger charge is -2.14. The Morgan fingerprint density at radius 3 is 2.46 bits per heavy atom. The highest BCUT2D eigenvalue weighted by Crippen LogP contribution is 2.48. The maximum atomic E-state index is 13.7. The molecule has 5 aromatic rings. The summed E-state index contributed by atoms with van der Waals surface area (Å²) in [5, 5.41) is 22.6. The summed E-state index contributed by atoms with van der Waals surface area (Å²) in [6, 6.07) is 19.6. The summed E-state index contributed by atoms with van der Waals surface area (Å²) in [6.07, 6.45) is 0. The Morgan fingerprint density at radius 2 is 1.74 bits per heavy atom. The van der Waals surface area contributed by atoms with E-state index in [-0.39, 0.29) is 11.3 Å². The molecule has 0 bridgehead atoms. The summed E-state index contributed by atoms with van der Waals surface area (Å²) in [7, 11) is 3.04. The van der Waals surface area contributed by atoms with Crippen LogP contribution in [0.4, 0.5) is 0 Å². The number of thiazole rings is 1. The van der Waals surface area contributed by atoms with Gasteiger partial charge in [0.2, 0.25) is 5.88 Å². The smallest absolute Gasteiger partial charge is 0.242 e. The minimum atomic E-state index is -0.533. The highest BCUT2D eigenvalue weighted by molar-refractivity contribution is 7.20. The Hall–Kier alpha value is -4.30. The molecular weight excluding hydrogens is 464 g/mol. The predicted molar refractivity (Wildman–Crippen MR) is 135 cm³/mol. The molecule has 8 heteroatoms. The number of nitrogens with zero attached hydrogens (tertiary/aromatic N) is 2. The van der Waals surface area contributed by atoms with Gasteiger partial charge in [0.25, 0.3) is 0 Å². The number of fused-ring (bicyclic) bond motifs is 1. The maximum absolute atomic E-state index is 13.7. The van der Waals surface area contributed by atoms with Crippen LogP contribution in [0.25, 0.3) is 26.6 Å². The van der Waals surface area contributed by atoms with Crippen molar-refractivity contribution in [2.24, 2.45) is 0 Å². The van der Waals surface area contributed by atoms with Crippen molar-refractivity contribution in [3.05, 3.63) is 83.4 Å². The number of aromatic nitrogens is 2. The molecule has 2 heterocycles. The van der Waals surface area contributed by atoms with Crippen LogP contribution in [0.5, 0.6) is 23.1 Å². The molecule has 0 aliphatic carbocycles. The average Bonchev–Trinajstić information content (AvgIpc) is 3.41. The first kappa shape index (κ1) is 22.5. The lowest BCUT2D eigenvalue weighted by Crippen LogP contribution is -2.05. The molecule has 0 spiro atoms. The highest BCUT2D eigenvalue weighted by Gasteiger charge is 2.32. The fourth-order valence-electron chi connectivity index (χ4n) is 4.05. The number of ether oxygens (including phenoxy) is 2. The molecule has 35 heavy (non-hydrogen) atoms. The van der Waals surface area contributed by atoms with Crippen LogP contribution in [0.3, 0.4) is 0 Å². The van der Waals surface area contributed by atoms with Gasteiger partial charge in [-0.15, -0.1) is 0 Å². The Morgan fingerprint density at radius 1 is 0.971 bits per heavy atom. The lowest BCUT2D eigenvalue weighted by atomic mass is 9.98. The molecule has 0 amide bonds. The van der Waals surface area contributed by atoms with Crippen molar-refractivity contribution < 1.29 is 24.5 Å². The zero-order chi connectivity index (χ0) is 24.7. The zero-order valence-corrected chi connectivity index (χ0v) is 20.1. The Bertz CT molecular complexity index is 1570. The average molecular weight is 487 g/mol. The van der Waals surface area contributed by atoms with Crippen LogP contribution in [0.1, 0.15) is 21.5 Å². The van der Waals surface area contributed by atoms with E-state index in [0.29, 0.717) is 27.8 Å². The minimum absolute atomic E-state index is 0.0595. The van der Waals surface area contributed by atoms with Gasteiger partial charge in [-0.05, 0) is 42.8 Å². The first-order chi connectivity index (χ1) is 16.9. The maximum Gasteiger partial charge on any atom is 0.242 e. The van der Waals surface area contributed by atoms with Crippen LogP contribution in [0.15, 0.2) is 66.7 Å². The van der Waals surface area contributed by atoms with Crippen molar-refractivity contribution >= 4 is 27.3 Å². The summed E-state index contributed by atoms with van der Waals surface area (Å²) in [5.41, 5.74) is 2.82. The van der Waals surface area contributed by atoms with E-state index in [2.05, 4.69) is 4.98 Å². The van der Waals surface area contributed by atoms with Gasteiger partial charge in [-0.2, -0.15) is 0 Å². The summed E-state index contributed by atoms with van der Waals surface area (Å²) >= 11 is 1.34. The van der Waals surface area contributed by atoms with E-state index in [1.54, 1.807) is 48.5 Å². The van der Waals surface area contributed by atoms with Gasteiger partial charge in [-0.25, -0.2) is 4.98 Å². The van der Waals surface area contributed by atoms with Crippen LogP contribution in [0.2, 0.25) is 0 Å². The molecule has 7 nitrogen and oxygen atoms in total. The number of methoxy groups -OCH3 is 2. The number of hydrogen-bond donors (Lipinski definition) is 2. The number of rotatable bonds is 6. The summed E-state index contributed by atoms with van der Waals surface area (Å²) < 4.78 is 13.3.